The first kappa shape index (κ1) is 23.3. The van der Waals surface area contributed by atoms with Gasteiger partial charge < -0.3 is 4.98 Å². The summed E-state index contributed by atoms with van der Waals surface area (Å²) in [5.74, 6) is 0. The minimum atomic E-state index is -3.55. The highest BCUT2D eigenvalue weighted by Gasteiger charge is 2.16. The lowest BCUT2D eigenvalue weighted by Gasteiger charge is -2.10. The Kier molecular flexibility index (Phi) is 7.31. The first-order valence-corrected chi connectivity index (χ1v) is 13.2. The summed E-state index contributed by atoms with van der Waals surface area (Å²) < 4.78 is 28.6. The molecule has 33 heavy (non-hydrogen) atoms. The Bertz CT molecular complexity index is 1320. The van der Waals surface area contributed by atoms with E-state index in [0.29, 0.717) is 17.9 Å². The zero-order valence-electron chi connectivity index (χ0n) is 19.4. The van der Waals surface area contributed by atoms with Gasteiger partial charge in [-0.3, -0.25) is 0 Å². The Balaban J connectivity index is 1.50. The van der Waals surface area contributed by atoms with Crippen LogP contribution in [0.4, 0.5) is 0 Å². The molecule has 1 heterocycles. The van der Waals surface area contributed by atoms with Crippen LogP contribution in [-0.4, -0.2) is 19.9 Å². The van der Waals surface area contributed by atoms with Crippen LogP contribution in [0.15, 0.2) is 77.7 Å². The summed E-state index contributed by atoms with van der Waals surface area (Å²) in [6.07, 6.45) is 5.10. The molecule has 0 fully saturated rings. The molecule has 4 nitrogen and oxygen atoms in total. The second-order valence-electron chi connectivity index (χ2n) is 8.64. The average Bonchev–Trinajstić information content (AvgIpc) is 3.18. The van der Waals surface area contributed by atoms with Crippen molar-refractivity contribution in [3.8, 4) is 11.3 Å². The molecule has 0 amide bonds. The molecule has 1 aromatic heterocycles. The van der Waals surface area contributed by atoms with Gasteiger partial charge in [0.25, 0.3) is 0 Å². The van der Waals surface area contributed by atoms with Crippen LogP contribution in [0.3, 0.4) is 0 Å². The van der Waals surface area contributed by atoms with E-state index in [-0.39, 0.29) is 0 Å². The molecule has 3 aromatic carbocycles. The summed E-state index contributed by atoms with van der Waals surface area (Å²) in [4.78, 5) is 3.86. The smallest absolute Gasteiger partial charge is 0.240 e. The second-order valence-corrected chi connectivity index (χ2v) is 10.4. The number of aromatic nitrogens is 1. The van der Waals surface area contributed by atoms with Gasteiger partial charge in [0.1, 0.15) is 0 Å². The zero-order valence-corrected chi connectivity index (χ0v) is 20.2. The molecule has 0 spiro atoms. The third kappa shape index (κ3) is 5.55. The molecular formula is C28H32N2O2S. The number of aromatic amines is 1. The number of para-hydroxylation sites is 1. The van der Waals surface area contributed by atoms with Gasteiger partial charge in [-0.05, 0) is 67.1 Å². The number of benzene rings is 3. The molecule has 0 aliphatic carbocycles. The van der Waals surface area contributed by atoms with Crippen LogP contribution in [0.25, 0.3) is 22.2 Å². The molecule has 0 atom stereocenters. The highest BCUT2D eigenvalue weighted by Crippen LogP contribution is 2.31. The molecule has 0 aliphatic rings. The van der Waals surface area contributed by atoms with Gasteiger partial charge in [0.05, 0.1) is 4.90 Å². The molecule has 2 N–H and O–H groups in total. The first-order valence-electron chi connectivity index (χ1n) is 11.7. The number of aryl methyl sites for hydroxylation is 2. The fourth-order valence-corrected chi connectivity index (χ4v) is 5.35. The maximum absolute atomic E-state index is 12.9. The van der Waals surface area contributed by atoms with E-state index in [9.17, 15) is 8.42 Å². The van der Waals surface area contributed by atoms with E-state index in [2.05, 4.69) is 60.0 Å². The van der Waals surface area contributed by atoms with E-state index in [1.54, 1.807) is 12.1 Å². The van der Waals surface area contributed by atoms with Crippen molar-refractivity contribution in [1.29, 1.82) is 0 Å². The largest absolute Gasteiger partial charge is 0.354 e. The number of H-pyrrole nitrogens is 1. The fourth-order valence-electron chi connectivity index (χ4n) is 4.31. The van der Waals surface area contributed by atoms with Gasteiger partial charge in [-0.15, -0.1) is 0 Å². The van der Waals surface area contributed by atoms with E-state index in [1.807, 2.05) is 24.3 Å². The molecule has 0 saturated heterocycles. The predicted octanol–water partition coefficient (Wildman–Crippen LogP) is 6.40. The predicted molar refractivity (Wildman–Crippen MR) is 137 cm³/mol. The topological polar surface area (TPSA) is 62.0 Å². The molecule has 4 aromatic rings. The van der Waals surface area contributed by atoms with E-state index in [0.717, 1.165) is 40.6 Å². The van der Waals surface area contributed by atoms with Crippen molar-refractivity contribution in [3.63, 3.8) is 0 Å². The van der Waals surface area contributed by atoms with Crippen LogP contribution in [-0.2, 0) is 22.9 Å². The molecule has 0 saturated carbocycles. The number of hydrogen-bond donors (Lipinski definition) is 2. The zero-order chi connectivity index (χ0) is 23.3. The van der Waals surface area contributed by atoms with Gasteiger partial charge in [-0.1, -0.05) is 73.9 Å². The Hall–Kier alpha value is -2.89. The lowest BCUT2D eigenvalue weighted by molar-refractivity contribution is 0.581. The van der Waals surface area contributed by atoms with Crippen molar-refractivity contribution in [2.24, 2.45) is 0 Å². The second kappa shape index (κ2) is 10.4. The minimum Gasteiger partial charge on any atom is -0.354 e. The maximum atomic E-state index is 12.9. The van der Waals surface area contributed by atoms with Gasteiger partial charge in [-0.25, -0.2) is 13.1 Å². The quantitative estimate of drug-likeness (QED) is 0.269. The third-order valence-electron chi connectivity index (χ3n) is 6.09. The van der Waals surface area contributed by atoms with Crippen molar-refractivity contribution in [3.05, 3.63) is 89.5 Å². The Morgan fingerprint density at radius 2 is 1.67 bits per heavy atom. The summed E-state index contributed by atoms with van der Waals surface area (Å²) >= 11 is 0. The average molecular weight is 461 g/mol. The summed E-state index contributed by atoms with van der Waals surface area (Å²) in [5, 5.41) is 1.13. The summed E-state index contributed by atoms with van der Waals surface area (Å²) in [5.41, 5.74) is 6.73. The Labute approximate surface area is 197 Å². The van der Waals surface area contributed by atoms with Crippen LogP contribution < -0.4 is 4.72 Å². The molecule has 0 radical (unpaired) electrons. The lowest BCUT2D eigenvalue weighted by atomic mass is 10.0. The number of hydrogen-bond acceptors (Lipinski definition) is 2. The van der Waals surface area contributed by atoms with Gasteiger partial charge in [-0.2, -0.15) is 0 Å². The van der Waals surface area contributed by atoms with Crippen LogP contribution in [0.1, 0.15) is 42.9 Å². The summed E-state index contributed by atoms with van der Waals surface area (Å²) in [6, 6.07) is 23.8. The van der Waals surface area contributed by atoms with Gasteiger partial charge in [0, 0.05) is 23.1 Å². The number of sulfonamides is 1. The standard InChI is InChI=1S/C28H32N2O2S/c1-3-4-5-10-22-14-16-24(17-15-22)33(31,32)29-19-18-26-25-12-6-7-13-27(25)30-28(26)23-11-8-9-21(2)20-23/h6-9,11-17,20,29-30H,3-5,10,18-19H2,1-2H3. The number of unbranched alkanes of at least 4 members (excludes halogenated alkanes) is 2. The van der Waals surface area contributed by atoms with Crippen LogP contribution in [0.2, 0.25) is 0 Å². The number of nitrogens with one attached hydrogen (secondary N) is 2. The highest BCUT2D eigenvalue weighted by molar-refractivity contribution is 7.89. The van der Waals surface area contributed by atoms with Crippen molar-refractivity contribution < 1.29 is 8.42 Å². The SMILES string of the molecule is CCCCCc1ccc(S(=O)(=O)NCCc2c(-c3cccc(C)c3)[nH]c3ccccc23)cc1. The normalized spacial score (nSPS) is 11.8. The van der Waals surface area contributed by atoms with Crippen molar-refractivity contribution in [2.75, 3.05) is 6.54 Å². The summed E-state index contributed by atoms with van der Waals surface area (Å²) in [7, 11) is -3.55. The summed E-state index contributed by atoms with van der Waals surface area (Å²) in [6.45, 7) is 4.59. The fraction of sp³-hybridized carbons (Fsp3) is 0.286. The van der Waals surface area contributed by atoms with Crippen LogP contribution >= 0.6 is 0 Å². The Morgan fingerprint density at radius 1 is 0.879 bits per heavy atom. The lowest BCUT2D eigenvalue weighted by Crippen LogP contribution is -2.26. The molecule has 0 aliphatic heterocycles. The maximum Gasteiger partial charge on any atom is 0.240 e. The van der Waals surface area contributed by atoms with E-state index in [1.165, 1.54) is 24.0 Å². The van der Waals surface area contributed by atoms with Gasteiger partial charge in [0.2, 0.25) is 10.0 Å². The van der Waals surface area contributed by atoms with Crippen LogP contribution in [0, 0.1) is 6.92 Å². The van der Waals surface area contributed by atoms with Crippen molar-refractivity contribution >= 4 is 20.9 Å². The molecule has 4 rings (SSSR count). The molecular weight excluding hydrogens is 428 g/mol. The molecule has 0 bridgehead atoms. The van der Waals surface area contributed by atoms with E-state index in [4.69, 9.17) is 0 Å². The van der Waals surface area contributed by atoms with Gasteiger partial charge in [0.15, 0.2) is 0 Å². The third-order valence-corrected chi connectivity index (χ3v) is 7.57. The van der Waals surface area contributed by atoms with Crippen LogP contribution in [0.5, 0.6) is 0 Å². The number of fused-ring (bicyclic) bond motifs is 1. The molecule has 172 valence electrons. The van der Waals surface area contributed by atoms with Crippen molar-refractivity contribution in [1.82, 2.24) is 9.71 Å². The van der Waals surface area contributed by atoms with E-state index < -0.39 is 10.0 Å². The molecule has 5 heteroatoms. The first-order chi connectivity index (χ1) is 16.0. The van der Waals surface area contributed by atoms with Crippen molar-refractivity contribution in [2.45, 2.75) is 50.8 Å². The van der Waals surface area contributed by atoms with E-state index >= 15 is 0 Å². The number of rotatable bonds is 10. The minimum absolute atomic E-state index is 0.319. The van der Waals surface area contributed by atoms with Gasteiger partial charge >= 0.3 is 0 Å². The highest BCUT2D eigenvalue weighted by atomic mass is 32.2. The monoisotopic (exact) mass is 460 g/mol. The molecule has 0 unspecified atom stereocenters. The Morgan fingerprint density at radius 3 is 2.42 bits per heavy atom.